The van der Waals surface area contributed by atoms with E-state index in [0.717, 1.165) is 5.56 Å². The molecule has 2 aromatic carbocycles. The molecule has 1 N–H and O–H groups in total. The second-order valence-corrected chi connectivity index (χ2v) is 7.65. The number of esters is 1. The summed E-state index contributed by atoms with van der Waals surface area (Å²) in [4.78, 5) is 17.6. The van der Waals surface area contributed by atoms with Gasteiger partial charge in [0.15, 0.2) is 23.0 Å². The number of rotatable bonds is 6. The van der Waals surface area contributed by atoms with E-state index in [2.05, 4.69) is 4.99 Å². The molecule has 2 aliphatic heterocycles. The fourth-order valence-corrected chi connectivity index (χ4v) is 4.19. The Bertz CT molecular complexity index is 1150. The van der Waals surface area contributed by atoms with Gasteiger partial charge in [-0.1, -0.05) is 17.8 Å². The lowest BCUT2D eigenvalue weighted by molar-refractivity contribution is -0.138. The number of ether oxygens (including phenoxy) is 5. The van der Waals surface area contributed by atoms with Crippen LogP contribution in [-0.4, -0.2) is 43.7 Å². The Labute approximate surface area is 189 Å². The lowest BCUT2D eigenvalue weighted by Crippen LogP contribution is -2.12. The normalized spacial score (nSPS) is 17.2. The summed E-state index contributed by atoms with van der Waals surface area (Å²) in [6, 6.07) is 10.6. The van der Waals surface area contributed by atoms with E-state index in [-0.39, 0.29) is 24.7 Å². The minimum absolute atomic E-state index is 0.0126. The molecule has 0 radical (unpaired) electrons. The Kier molecular flexibility index (Phi) is 6.27. The van der Waals surface area contributed by atoms with Crippen LogP contribution in [0.25, 0.3) is 6.08 Å². The third-order valence-electron chi connectivity index (χ3n) is 4.66. The molecule has 32 heavy (non-hydrogen) atoms. The topological polar surface area (TPSA) is 95.8 Å². The third kappa shape index (κ3) is 4.24. The predicted molar refractivity (Wildman–Crippen MR) is 121 cm³/mol. The van der Waals surface area contributed by atoms with Crippen LogP contribution in [0.2, 0.25) is 0 Å². The summed E-state index contributed by atoms with van der Waals surface area (Å²) in [5.74, 6) is 1.50. The van der Waals surface area contributed by atoms with Crippen molar-refractivity contribution in [1.82, 2.24) is 0 Å². The predicted octanol–water partition coefficient (Wildman–Crippen LogP) is 4.63. The van der Waals surface area contributed by atoms with E-state index >= 15 is 0 Å². The number of carbonyl (C=O) groups excluding carboxylic acids is 1. The summed E-state index contributed by atoms with van der Waals surface area (Å²) >= 11 is 1.17. The molecular weight excluding hydrogens is 434 g/mol. The van der Waals surface area contributed by atoms with Gasteiger partial charge in [-0.15, -0.1) is 0 Å². The van der Waals surface area contributed by atoms with Crippen molar-refractivity contribution in [3.63, 3.8) is 0 Å². The monoisotopic (exact) mass is 455 g/mol. The van der Waals surface area contributed by atoms with Crippen LogP contribution >= 0.6 is 11.8 Å². The maximum absolute atomic E-state index is 12.6. The summed E-state index contributed by atoms with van der Waals surface area (Å²) in [5, 5.41) is 11.2. The maximum Gasteiger partial charge on any atom is 0.344 e. The van der Waals surface area contributed by atoms with Crippen molar-refractivity contribution in [1.29, 1.82) is 0 Å². The molecule has 8 nitrogen and oxygen atoms in total. The largest absolute Gasteiger partial charge is 0.506 e. The van der Waals surface area contributed by atoms with Gasteiger partial charge in [0.05, 0.1) is 31.4 Å². The van der Waals surface area contributed by atoms with E-state index in [9.17, 15) is 9.90 Å². The van der Waals surface area contributed by atoms with Gasteiger partial charge < -0.3 is 28.8 Å². The van der Waals surface area contributed by atoms with Crippen LogP contribution in [0.15, 0.2) is 57.6 Å². The molecule has 0 atom stereocenters. The fourth-order valence-electron chi connectivity index (χ4n) is 3.16. The first kappa shape index (κ1) is 21.6. The molecule has 0 bridgehead atoms. The molecule has 0 spiro atoms. The summed E-state index contributed by atoms with van der Waals surface area (Å²) in [6.07, 6.45) is 1.75. The lowest BCUT2D eigenvalue weighted by atomic mass is 10.1. The molecule has 2 aliphatic rings. The zero-order valence-corrected chi connectivity index (χ0v) is 18.5. The van der Waals surface area contributed by atoms with Crippen LogP contribution in [0.3, 0.4) is 0 Å². The summed E-state index contributed by atoms with van der Waals surface area (Å²) in [7, 11) is 3.07. The number of fused-ring (bicyclic) bond motifs is 1. The molecule has 2 heterocycles. The number of hydrogen-bond acceptors (Lipinski definition) is 9. The zero-order chi connectivity index (χ0) is 22.7. The van der Waals surface area contributed by atoms with Gasteiger partial charge in [0.25, 0.3) is 0 Å². The Morgan fingerprint density at radius 2 is 1.91 bits per heavy atom. The van der Waals surface area contributed by atoms with Crippen molar-refractivity contribution in [2.24, 2.45) is 4.99 Å². The fraction of sp³-hybridized carbons (Fsp3) is 0.217. The number of hydrogen-bond donors (Lipinski definition) is 1. The van der Waals surface area contributed by atoms with Crippen LogP contribution in [0.1, 0.15) is 12.5 Å². The number of nitrogens with zero attached hydrogens (tertiary/aromatic N) is 1. The lowest BCUT2D eigenvalue weighted by Gasteiger charge is -2.08. The molecule has 9 heteroatoms. The molecule has 0 saturated heterocycles. The van der Waals surface area contributed by atoms with E-state index in [1.807, 2.05) is 6.07 Å². The number of aliphatic hydroxyl groups excluding tert-OH is 1. The van der Waals surface area contributed by atoms with E-state index in [0.29, 0.717) is 38.6 Å². The van der Waals surface area contributed by atoms with Gasteiger partial charge in [0.2, 0.25) is 6.79 Å². The summed E-state index contributed by atoms with van der Waals surface area (Å²) in [6.45, 7) is 2.04. The van der Waals surface area contributed by atoms with Crippen molar-refractivity contribution in [3.8, 4) is 23.0 Å². The van der Waals surface area contributed by atoms with Gasteiger partial charge in [-0.3, -0.25) is 0 Å². The Hall–Kier alpha value is -3.59. The quantitative estimate of drug-likeness (QED) is 0.630. The van der Waals surface area contributed by atoms with Gasteiger partial charge >= 0.3 is 5.97 Å². The summed E-state index contributed by atoms with van der Waals surface area (Å²) < 4.78 is 26.5. The molecule has 2 aromatic rings. The number of thioether (sulfide) groups is 1. The highest BCUT2D eigenvalue weighted by Crippen LogP contribution is 2.42. The zero-order valence-electron chi connectivity index (χ0n) is 17.7. The van der Waals surface area contributed by atoms with Crippen molar-refractivity contribution < 1.29 is 33.6 Å². The second kappa shape index (κ2) is 9.27. The van der Waals surface area contributed by atoms with Gasteiger partial charge in [-0.05, 0) is 42.8 Å². The average Bonchev–Trinajstić information content (AvgIpc) is 3.37. The first-order valence-corrected chi connectivity index (χ1v) is 10.6. The van der Waals surface area contributed by atoms with Crippen molar-refractivity contribution >= 4 is 34.5 Å². The molecule has 0 fully saturated rings. The minimum atomic E-state index is -0.647. The molecule has 4 rings (SSSR count). The summed E-state index contributed by atoms with van der Waals surface area (Å²) in [5.41, 5.74) is 1.32. The Morgan fingerprint density at radius 3 is 2.66 bits per heavy atom. The highest BCUT2D eigenvalue weighted by molar-refractivity contribution is 8.18. The van der Waals surface area contributed by atoms with E-state index in [1.165, 1.54) is 18.9 Å². The average molecular weight is 455 g/mol. The molecule has 0 saturated carbocycles. The molecule has 0 aromatic heterocycles. The number of aliphatic hydroxyl groups is 1. The van der Waals surface area contributed by atoms with Gasteiger partial charge in [0.1, 0.15) is 16.4 Å². The molecule has 0 amide bonds. The number of methoxy groups -OCH3 is 2. The molecule has 166 valence electrons. The smallest absolute Gasteiger partial charge is 0.344 e. The van der Waals surface area contributed by atoms with Crippen molar-refractivity contribution in [2.45, 2.75) is 6.92 Å². The number of aliphatic imine (C=N–C) groups is 1. The van der Waals surface area contributed by atoms with E-state index < -0.39 is 5.97 Å². The van der Waals surface area contributed by atoms with Crippen molar-refractivity contribution in [3.05, 3.63) is 58.2 Å². The van der Waals surface area contributed by atoms with Crippen molar-refractivity contribution in [2.75, 3.05) is 27.6 Å². The van der Waals surface area contributed by atoms with E-state index in [4.69, 9.17) is 23.7 Å². The van der Waals surface area contributed by atoms with Crippen LogP contribution in [0.4, 0.5) is 5.69 Å². The highest BCUT2D eigenvalue weighted by atomic mass is 32.2. The van der Waals surface area contributed by atoms with Crippen LogP contribution < -0.4 is 18.9 Å². The first-order chi connectivity index (χ1) is 15.5. The Morgan fingerprint density at radius 1 is 1.12 bits per heavy atom. The van der Waals surface area contributed by atoms with Crippen LogP contribution in [0.5, 0.6) is 23.0 Å². The first-order valence-electron chi connectivity index (χ1n) is 9.75. The minimum Gasteiger partial charge on any atom is -0.506 e. The Balaban J connectivity index is 1.73. The third-order valence-corrected chi connectivity index (χ3v) is 5.68. The maximum atomic E-state index is 12.6. The highest BCUT2D eigenvalue weighted by Gasteiger charge is 2.33. The molecule has 0 aliphatic carbocycles. The number of benzene rings is 2. The van der Waals surface area contributed by atoms with Crippen LogP contribution in [0, 0.1) is 0 Å². The van der Waals surface area contributed by atoms with Gasteiger partial charge in [0, 0.05) is 6.07 Å². The van der Waals surface area contributed by atoms with Gasteiger partial charge in [-0.2, -0.15) is 0 Å². The standard InChI is InChI=1S/C23H21NO7S/c1-4-29-23(26)20-21(25)19(10-13-5-7-16-18(9-13)31-12-30-16)32-22(20)24-14-6-8-15(27-2)17(11-14)28-3/h5-11,25H,4,12H2,1-3H3. The SMILES string of the molecule is CCOC(=O)C1=C(O)C(=Cc2ccc3c(c2)OCO3)SC1=Nc1ccc(OC)c(OC)c1. The molecular formula is C23H21NO7S. The molecule has 0 unspecified atom stereocenters. The van der Waals surface area contributed by atoms with Crippen LogP contribution in [-0.2, 0) is 9.53 Å². The number of carbonyl (C=O) groups is 1. The van der Waals surface area contributed by atoms with E-state index in [1.54, 1.807) is 50.4 Å². The second-order valence-electron chi connectivity index (χ2n) is 6.62. The van der Waals surface area contributed by atoms with Gasteiger partial charge in [-0.25, -0.2) is 9.79 Å².